The highest BCUT2D eigenvalue weighted by Crippen LogP contribution is 2.25. The molecule has 0 bridgehead atoms. The van der Waals surface area contributed by atoms with Gasteiger partial charge in [-0.1, -0.05) is 38.0 Å². The van der Waals surface area contributed by atoms with Gasteiger partial charge in [0.1, 0.15) is 5.84 Å². The van der Waals surface area contributed by atoms with Crippen LogP contribution in [-0.2, 0) is 0 Å². The van der Waals surface area contributed by atoms with Gasteiger partial charge in [0, 0.05) is 26.2 Å². The Balaban J connectivity index is 6.26. The fourth-order valence-electron chi connectivity index (χ4n) is 3.43. The molecule has 3 heteroatoms. The quantitative estimate of drug-likeness (QED) is 0.141. The summed E-state index contributed by atoms with van der Waals surface area (Å²) >= 11 is 0. The van der Waals surface area contributed by atoms with E-state index in [9.17, 15) is 0 Å². The number of nitrogens with zero attached hydrogens (tertiary/aromatic N) is 3. The second-order valence-electron chi connectivity index (χ2n) is 8.29. The topological polar surface area (TPSA) is 18.8 Å². The van der Waals surface area contributed by atoms with Crippen LogP contribution in [0.25, 0.3) is 0 Å². The van der Waals surface area contributed by atoms with Crippen molar-refractivity contribution in [1.29, 1.82) is 0 Å². The largest absolute Gasteiger partial charge is 0.373 e. The summed E-state index contributed by atoms with van der Waals surface area (Å²) in [7, 11) is 2.15. The van der Waals surface area contributed by atoms with Crippen molar-refractivity contribution in [2.75, 3.05) is 20.1 Å². The molecule has 0 rings (SSSR count). The first-order valence-corrected chi connectivity index (χ1v) is 11.3. The van der Waals surface area contributed by atoms with Gasteiger partial charge in [0.15, 0.2) is 0 Å². The molecule has 0 spiro atoms. The first-order chi connectivity index (χ1) is 13.6. The number of allylic oxidation sites excluding steroid dienone is 4. The van der Waals surface area contributed by atoms with E-state index in [1.165, 1.54) is 23.3 Å². The third-order valence-corrected chi connectivity index (χ3v) is 5.88. The third-order valence-electron chi connectivity index (χ3n) is 5.88. The lowest BCUT2D eigenvalue weighted by atomic mass is 9.99. The highest BCUT2D eigenvalue weighted by atomic mass is 15.2. The zero-order chi connectivity index (χ0) is 22.6. The van der Waals surface area contributed by atoms with Crippen molar-refractivity contribution < 1.29 is 0 Å². The zero-order valence-electron chi connectivity index (χ0n) is 20.8. The van der Waals surface area contributed by atoms with Crippen LogP contribution in [-0.4, -0.2) is 41.8 Å². The lowest BCUT2D eigenvalue weighted by molar-refractivity contribution is 0.257. The van der Waals surface area contributed by atoms with Crippen LogP contribution in [0.3, 0.4) is 0 Å². The smallest absolute Gasteiger partial charge is 0.102 e. The van der Waals surface area contributed by atoms with Crippen LogP contribution in [0.5, 0.6) is 0 Å². The minimum absolute atomic E-state index is 0.467. The van der Waals surface area contributed by atoms with Gasteiger partial charge in [0.2, 0.25) is 0 Å². The lowest BCUT2D eigenvalue weighted by Crippen LogP contribution is -2.40. The zero-order valence-corrected chi connectivity index (χ0v) is 20.8. The van der Waals surface area contributed by atoms with E-state index in [0.29, 0.717) is 12.0 Å². The Kier molecular flexibility index (Phi) is 13.4. The normalized spacial score (nSPS) is 15.5. The SMILES string of the molecule is C=CC/C(C)=C(/N=C(\C)N(CC)C(C)C(C)CC)C(=C/CCC(=C)C)\N(C)CC. The predicted molar refractivity (Wildman–Crippen MR) is 132 cm³/mol. The molecule has 0 aliphatic rings. The molecule has 0 fully saturated rings. The Labute approximate surface area is 182 Å². The number of hydrogen-bond donors (Lipinski definition) is 0. The molecule has 0 aromatic rings. The number of hydrogen-bond acceptors (Lipinski definition) is 2. The van der Waals surface area contributed by atoms with Gasteiger partial charge in [-0.3, -0.25) is 0 Å². The lowest BCUT2D eigenvalue weighted by Gasteiger charge is -2.34. The summed E-state index contributed by atoms with van der Waals surface area (Å²) in [6, 6.07) is 0.467. The molecule has 0 N–H and O–H groups in total. The Hall–Kier alpha value is -1.77. The molecule has 2 unspecified atom stereocenters. The number of aliphatic imine (C=N–C) groups is 1. The summed E-state index contributed by atoms with van der Waals surface area (Å²) in [5.41, 5.74) is 4.77. The molecule has 0 saturated carbocycles. The first-order valence-electron chi connectivity index (χ1n) is 11.3. The third kappa shape index (κ3) is 9.06. The van der Waals surface area contributed by atoms with E-state index in [1.54, 1.807) is 0 Å². The molecule has 0 aromatic carbocycles. The maximum atomic E-state index is 5.21. The van der Waals surface area contributed by atoms with Gasteiger partial charge in [0.05, 0.1) is 11.4 Å². The van der Waals surface area contributed by atoms with Crippen LogP contribution in [0.1, 0.15) is 81.1 Å². The van der Waals surface area contributed by atoms with Crippen LogP contribution < -0.4 is 0 Å². The Morgan fingerprint density at radius 3 is 2.14 bits per heavy atom. The minimum Gasteiger partial charge on any atom is -0.373 e. The van der Waals surface area contributed by atoms with Crippen LogP contribution in [0.2, 0.25) is 0 Å². The van der Waals surface area contributed by atoms with Crippen molar-refractivity contribution in [3.8, 4) is 0 Å². The highest BCUT2D eigenvalue weighted by molar-refractivity contribution is 5.81. The van der Waals surface area contributed by atoms with E-state index >= 15 is 0 Å². The molecule has 0 aliphatic carbocycles. The van der Waals surface area contributed by atoms with Crippen molar-refractivity contribution in [1.82, 2.24) is 9.80 Å². The molecule has 3 nitrogen and oxygen atoms in total. The van der Waals surface area contributed by atoms with Gasteiger partial charge in [0.25, 0.3) is 0 Å². The molecule has 0 aliphatic heterocycles. The Bertz CT molecular complexity index is 609. The summed E-state index contributed by atoms with van der Waals surface area (Å²) < 4.78 is 0. The summed E-state index contributed by atoms with van der Waals surface area (Å²) in [5, 5.41) is 0. The fraction of sp³-hybridized carbons (Fsp3) is 0.654. The standard InChI is InChI=1S/C26H47N3/c1-12-17-22(8)26(25(28(11)14-3)19-16-18-20(5)6)27-24(10)29(15-4)23(9)21(7)13-2/h12,19,21,23H,1,5,13-18H2,2-4,6-11H3/b25-19+,26-22+,27-24+. The van der Waals surface area contributed by atoms with Crippen LogP contribution >= 0.6 is 0 Å². The van der Waals surface area contributed by atoms with Crippen LogP contribution in [0, 0.1) is 5.92 Å². The second kappa shape index (κ2) is 14.3. The summed E-state index contributed by atoms with van der Waals surface area (Å²) in [6.45, 7) is 27.7. The predicted octanol–water partition coefficient (Wildman–Crippen LogP) is 7.20. The van der Waals surface area contributed by atoms with E-state index in [2.05, 4.69) is 91.5 Å². The average Bonchev–Trinajstić information content (AvgIpc) is 2.68. The average molecular weight is 402 g/mol. The number of rotatable bonds is 13. The monoisotopic (exact) mass is 401 g/mol. The summed E-state index contributed by atoms with van der Waals surface area (Å²) in [6.07, 6.45) is 8.30. The molecule has 0 radical (unpaired) electrons. The van der Waals surface area contributed by atoms with Crippen molar-refractivity contribution >= 4 is 5.84 Å². The van der Waals surface area contributed by atoms with Crippen LogP contribution in [0.4, 0.5) is 0 Å². The first kappa shape index (κ1) is 27.2. The molecule has 29 heavy (non-hydrogen) atoms. The van der Waals surface area contributed by atoms with Gasteiger partial charge in [-0.25, -0.2) is 4.99 Å². The minimum atomic E-state index is 0.467. The van der Waals surface area contributed by atoms with Crippen molar-refractivity contribution in [3.63, 3.8) is 0 Å². The van der Waals surface area contributed by atoms with Gasteiger partial charge in [-0.2, -0.15) is 0 Å². The Morgan fingerprint density at radius 2 is 1.69 bits per heavy atom. The summed E-state index contributed by atoms with van der Waals surface area (Å²) in [4.78, 5) is 9.95. The van der Waals surface area contributed by atoms with Crippen molar-refractivity contribution in [2.45, 2.75) is 87.1 Å². The van der Waals surface area contributed by atoms with E-state index in [4.69, 9.17) is 4.99 Å². The van der Waals surface area contributed by atoms with Crippen molar-refractivity contribution in [2.24, 2.45) is 10.9 Å². The van der Waals surface area contributed by atoms with E-state index in [-0.39, 0.29) is 0 Å². The Morgan fingerprint density at radius 1 is 1.07 bits per heavy atom. The van der Waals surface area contributed by atoms with Crippen molar-refractivity contribution in [3.05, 3.63) is 47.9 Å². The maximum absolute atomic E-state index is 5.21. The fourth-order valence-corrected chi connectivity index (χ4v) is 3.43. The number of amidine groups is 1. The second-order valence-corrected chi connectivity index (χ2v) is 8.29. The van der Waals surface area contributed by atoms with Gasteiger partial charge >= 0.3 is 0 Å². The molecule has 0 saturated heterocycles. The van der Waals surface area contributed by atoms with Gasteiger partial charge < -0.3 is 9.80 Å². The van der Waals surface area contributed by atoms with E-state index < -0.39 is 0 Å². The van der Waals surface area contributed by atoms with E-state index in [0.717, 1.165) is 43.9 Å². The molecule has 0 amide bonds. The van der Waals surface area contributed by atoms with Gasteiger partial charge in [-0.05, 0) is 72.3 Å². The highest BCUT2D eigenvalue weighted by Gasteiger charge is 2.20. The van der Waals surface area contributed by atoms with Crippen LogP contribution in [0.15, 0.2) is 52.8 Å². The molecule has 0 aromatic heterocycles. The molecular formula is C26H47N3. The molecular weight excluding hydrogens is 354 g/mol. The summed E-state index contributed by atoms with van der Waals surface area (Å²) in [5.74, 6) is 1.72. The molecule has 0 heterocycles. The maximum Gasteiger partial charge on any atom is 0.102 e. The number of likely N-dealkylation sites (N-methyl/N-ethyl adjacent to an activating group) is 1. The van der Waals surface area contributed by atoms with Gasteiger partial charge in [-0.15, -0.1) is 13.2 Å². The molecule has 2 atom stereocenters. The van der Waals surface area contributed by atoms with E-state index in [1.807, 2.05) is 6.08 Å². The molecule has 166 valence electrons.